The monoisotopic (exact) mass is 333 g/mol. The van der Waals surface area contributed by atoms with E-state index >= 15 is 0 Å². The topological polar surface area (TPSA) is 20.3 Å². The van der Waals surface area contributed by atoms with Crippen LogP contribution in [0.1, 0.15) is 30.6 Å². The molecule has 0 saturated carbocycles. The summed E-state index contributed by atoms with van der Waals surface area (Å²) in [5, 5.41) is 3.06. The molecular weight excluding hydrogens is 314 g/mol. The number of nitrogens with zero attached hydrogens (tertiary/aromatic N) is 1. The van der Waals surface area contributed by atoms with Gasteiger partial charge in [0.25, 0.3) is 5.91 Å². The molecule has 2 rings (SSSR count). The fourth-order valence-corrected chi connectivity index (χ4v) is 2.64. The van der Waals surface area contributed by atoms with Gasteiger partial charge >= 0.3 is 0 Å². The van der Waals surface area contributed by atoms with Crippen molar-refractivity contribution in [3.8, 4) is 0 Å². The third kappa shape index (κ3) is 3.21. The van der Waals surface area contributed by atoms with Gasteiger partial charge in [0.2, 0.25) is 0 Å². The lowest BCUT2D eigenvalue weighted by Crippen LogP contribution is -2.38. The standard InChI is InChI=1S/C17H20BrNO/c1-13(2)19(12-6-11-18)17(20)16-10-5-8-14-7-3-4-9-15(14)16/h3-5,7-10,13H,6,11-12H2,1-2H3. The molecule has 0 saturated heterocycles. The summed E-state index contributed by atoms with van der Waals surface area (Å²) in [6, 6.07) is 14.2. The Morgan fingerprint density at radius 2 is 1.85 bits per heavy atom. The lowest BCUT2D eigenvalue weighted by atomic mass is 10.0. The summed E-state index contributed by atoms with van der Waals surface area (Å²) in [4.78, 5) is 14.8. The highest BCUT2D eigenvalue weighted by molar-refractivity contribution is 9.09. The molecule has 2 aromatic carbocycles. The minimum atomic E-state index is 0.123. The number of rotatable bonds is 5. The zero-order valence-corrected chi connectivity index (χ0v) is 13.6. The SMILES string of the molecule is CC(C)N(CCCBr)C(=O)c1cccc2ccccc12. The molecule has 0 aromatic heterocycles. The summed E-state index contributed by atoms with van der Waals surface area (Å²) < 4.78 is 0. The number of hydrogen-bond acceptors (Lipinski definition) is 1. The molecule has 2 aromatic rings. The Morgan fingerprint density at radius 1 is 1.15 bits per heavy atom. The second-order valence-electron chi connectivity index (χ2n) is 5.16. The maximum absolute atomic E-state index is 12.8. The van der Waals surface area contributed by atoms with Crippen molar-refractivity contribution in [1.82, 2.24) is 4.90 Å². The van der Waals surface area contributed by atoms with Crippen LogP contribution in [0.2, 0.25) is 0 Å². The molecule has 20 heavy (non-hydrogen) atoms. The highest BCUT2D eigenvalue weighted by Gasteiger charge is 2.19. The van der Waals surface area contributed by atoms with Crippen LogP contribution in [0.15, 0.2) is 42.5 Å². The Bertz CT molecular complexity index is 589. The Hall–Kier alpha value is -1.35. The van der Waals surface area contributed by atoms with Crippen molar-refractivity contribution in [3.05, 3.63) is 48.0 Å². The number of halogens is 1. The van der Waals surface area contributed by atoms with Gasteiger partial charge in [-0.3, -0.25) is 4.79 Å². The van der Waals surface area contributed by atoms with E-state index < -0.39 is 0 Å². The van der Waals surface area contributed by atoms with Gasteiger partial charge in [-0.25, -0.2) is 0 Å². The first-order valence-electron chi connectivity index (χ1n) is 7.00. The van der Waals surface area contributed by atoms with Crippen LogP contribution in [0.25, 0.3) is 10.8 Å². The van der Waals surface area contributed by atoms with Crippen molar-refractivity contribution in [1.29, 1.82) is 0 Å². The van der Waals surface area contributed by atoms with E-state index in [-0.39, 0.29) is 11.9 Å². The average Bonchev–Trinajstić information content (AvgIpc) is 2.46. The van der Waals surface area contributed by atoms with Crippen LogP contribution in [-0.2, 0) is 0 Å². The molecule has 0 fully saturated rings. The quantitative estimate of drug-likeness (QED) is 0.739. The molecule has 0 aliphatic carbocycles. The van der Waals surface area contributed by atoms with E-state index in [1.807, 2.05) is 47.4 Å². The van der Waals surface area contributed by atoms with Crippen LogP contribution < -0.4 is 0 Å². The van der Waals surface area contributed by atoms with Gasteiger partial charge in [-0.1, -0.05) is 52.3 Å². The highest BCUT2D eigenvalue weighted by Crippen LogP contribution is 2.21. The van der Waals surface area contributed by atoms with Crippen LogP contribution in [-0.4, -0.2) is 28.7 Å². The van der Waals surface area contributed by atoms with E-state index in [2.05, 4.69) is 29.8 Å². The van der Waals surface area contributed by atoms with E-state index in [1.165, 1.54) is 0 Å². The Kier molecular flexibility index (Phi) is 5.18. The van der Waals surface area contributed by atoms with Gasteiger partial charge in [-0.2, -0.15) is 0 Å². The summed E-state index contributed by atoms with van der Waals surface area (Å²) >= 11 is 3.43. The molecular formula is C17H20BrNO. The summed E-state index contributed by atoms with van der Waals surface area (Å²) in [6.07, 6.45) is 0.967. The van der Waals surface area contributed by atoms with Crippen molar-refractivity contribution in [3.63, 3.8) is 0 Å². The molecule has 0 radical (unpaired) electrons. The molecule has 106 valence electrons. The number of hydrogen-bond donors (Lipinski definition) is 0. The number of fused-ring (bicyclic) bond motifs is 1. The largest absolute Gasteiger partial charge is 0.336 e. The normalized spacial score (nSPS) is 11.0. The minimum Gasteiger partial charge on any atom is -0.336 e. The predicted molar refractivity (Wildman–Crippen MR) is 88.5 cm³/mol. The Labute approximate surface area is 128 Å². The molecule has 0 N–H and O–H groups in total. The number of benzene rings is 2. The first-order chi connectivity index (χ1) is 9.65. The van der Waals surface area contributed by atoms with Crippen LogP contribution in [0.5, 0.6) is 0 Å². The minimum absolute atomic E-state index is 0.123. The molecule has 0 spiro atoms. The van der Waals surface area contributed by atoms with Crippen molar-refractivity contribution < 1.29 is 4.79 Å². The van der Waals surface area contributed by atoms with Crippen molar-refractivity contribution in [2.75, 3.05) is 11.9 Å². The molecule has 2 nitrogen and oxygen atoms in total. The highest BCUT2D eigenvalue weighted by atomic mass is 79.9. The van der Waals surface area contributed by atoms with E-state index in [1.54, 1.807) is 0 Å². The number of alkyl halides is 1. The summed E-state index contributed by atoms with van der Waals surface area (Å²) in [5.74, 6) is 0.123. The third-order valence-corrected chi connectivity index (χ3v) is 4.00. The fraction of sp³-hybridized carbons (Fsp3) is 0.353. The molecule has 0 bridgehead atoms. The number of carbonyl (C=O) groups excluding carboxylic acids is 1. The third-order valence-electron chi connectivity index (χ3n) is 3.44. The number of carbonyl (C=O) groups is 1. The first kappa shape index (κ1) is 15.0. The lowest BCUT2D eigenvalue weighted by molar-refractivity contribution is 0.0709. The molecule has 3 heteroatoms. The second kappa shape index (κ2) is 6.89. The first-order valence-corrected chi connectivity index (χ1v) is 8.12. The van der Waals surface area contributed by atoms with Gasteiger partial charge in [0.05, 0.1) is 0 Å². The molecule has 0 unspecified atom stereocenters. The summed E-state index contributed by atoms with van der Waals surface area (Å²) in [6.45, 7) is 4.92. The predicted octanol–water partition coefficient (Wildman–Crippen LogP) is 4.48. The second-order valence-corrected chi connectivity index (χ2v) is 5.95. The fourth-order valence-electron chi connectivity index (χ4n) is 2.39. The average molecular weight is 334 g/mol. The van der Waals surface area contributed by atoms with Crippen molar-refractivity contribution >= 4 is 32.6 Å². The van der Waals surface area contributed by atoms with Crippen molar-refractivity contribution in [2.45, 2.75) is 26.3 Å². The Morgan fingerprint density at radius 3 is 2.55 bits per heavy atom. The molecule has 0 aliphatic rings. The van der Waals surface area contributed by atoms with E-state index in [0.29, 0.717) is 0 Å². The van der Waals surface area contributed by atoms with Crippen molar-refractivity contribution in [2.24, 2.45) is 0 Å². The van der Waals surface area contributed by atoms with Crippen LogP contribution in [0.3, 0.4) is 0 Å². The van der Waals surface area contributed by atoms with Gasteiger partial charge in [0.15, 0.2) is 0 Å². The van der Waals surface area contributed by atoms with Gasteiger partial charge in [-0.05, 0) is 37.1 Å². The van der Waals surface area contributed by atoms with Gasteiger partial charge in [-0.15, -0.1) is 0 Å². The van der Waals surface area contributed by atoms with Gasteiger partial charge in [0.1, 0.15) is 0 Å². The Balaban J connectivity index is 2.38. The molecule has 0 heterocycles. The molecule has 0 aliphatic heterocycles. The zero-order chi connectivity index (χ0) is 14.5. The smallest absolute Gasteiger partial charge is 0.254 e. The maximum Gasteiger partial charge on any atom is 0.254 e. The number of amides is 1. The maximum atomic E-state index is 12.8. The van der Waals surface area contributed by atoms with E-state index in [9.17, 15) is 4.79 Å². The lowest BCUT2D eigenvalue weighted by Gasteiger charge is -2.27. The van der Waals surface area contributed by atoms with E-state index in [0.717, 1.165) is 34.6 Å². The summed E-state index contributed by atoms with van der Waals surface area (Å²) in [7, 11) is 0. The molecule has 1 amide bonds. The van der Waals surface area contributed by atoms with Crippen LogP contribution >= 0.6 is 15.9 Å². The summed E-state index contributed by atoms with van der Waals surface area (Å²) in [5.41, 5.74) is 0.798. The van der Waals surface area contributed by atoms with Gasteiger partial charge < -0.3 is 4.90 Å². The van der Waals surface area contributed by atoms with E-state index in [4.69, 9.17) is 0 Å². The molecule has 0 atom stereocenters. The van der Waals surface area contributed by atoms with Gasteiger partial charge in [0, 0.05) is 23.5 Å². The zero-order valence-electron chi connectivity index (χ0n) is 12.0. The van der Waals surface area contributed by atoms with Crippen LogP contribution in [0, 0.1) is 0 Å². The van der Waals surface area contributed by atoms with Crippen LogP contribution in [0.4, 0.5) is 0 Å².